The number of aryl methyl sites for hydroxylation is 1. The maximum atomic E-state index is 5.68. The van der Waals surface area contributed by atoms with Gasteiger partial charge in [-0.1, -0.05) is 0 Å². The SMILES string of the molecule is CN(Cc1nccc(N)n1)CC1CCc2nccn2C1. The van der Waals surface area contributed by atoms with E-state index in [1.165, 1.54) is 12.2 Å². The van der Waals surface area contributed by atoms with Crippen molar-refractivity contribution in [1.29, 1.82) is 0 Å². The molecular formula is C14H20N6. The van der Waals surface area contributed by atoms with Gasteiger partial charge in [-0.15, -0.1) is 0 Å². The van der Waals surface area contributed by atoms with Crippen LogP contribution < -0.4 is 5.73 Å². The summed E-state index contributed by atoms with van der Waals surface area (Å²) in [5.74, 6) is 3.18. The highest BCUT2D eigenvalue weighted by molar-refractivity contribution is 5.24. The molecule has 1 unspecified atom stereocenters. The van der Waals surface area contributed by atoms with Gasteiger partial charge in [-0.05, 0) is 25.5 Å². The summed E-state index contributed by atoms with van der Waals surface area (Å²) in [6.45, 7) is 2.82. The van der Waals surface area contributed by atoms with E-state index in [9.17, 15) is 0 Å². The predicted octanol–water partition coefficient (Wildman–Crippen LogP) is 0.950. The second-order valence-corrected chi connectivity index (χ2v) is 5.50. The van der Waals surface area contributed by atoms with E-state index >= 15 is 0 Å². The third-order valence-electron chi connectivity index (χ3n) is 3.74. The maximum Gasteiger partial charge on any atom is 0.144 e. The van der Waals surface area contributed by atoms with Gasteiger partial charge in [0, 0.05) is 38.1 Å². The summed E-state index contributed by atoms with van der Waals surface area (Å²) in [4.78, 5) is 15.1. The van der Waals surface area contributed by atoms with Crippen LogP contribution in [-0.2, 0) is 19.5 Å². The molecule has 3 heterocycles. The maximum absolute atomic E-state index is 5.68. The number of hydrogen-bond donors (Lipinski definition) is 1. The Morgan fingerprint density at radius 3 is 3.15 bits per heavy atom. The van der Waals surface area contributed by atoms with E-state index in [0.29, 0.717) is 11.7 Å². The Balaban J connectivity index is 1.56. The van der Waals surface area contributed by atoms with E-state index in [4.69, 9.17) is 5.73 Å². The molecule has 0 saturated carbocycles. The van der Waals surface area contributed by atoms with E-state index in [-0.39, 0.29) is 0 Å². The van der Waals surface area contributed by atoms with E-state index in [1.54, 1.807) is 12.3 Å². The van der Waals surface area contributed by atoms with Crippen molar-refractivity contribution >= 4 is 5.82 Å². The molecule has 2 N–H and O–H groups in total. The predicted molar refractivity (Wildman–Crippen MR) is 76.8 cm³/mol. The molecule has 1 aliphatic rings. The Kier molecular flexibility index (Phi) is 3.64. The molecule has 6 nitrogen and oxygen atoms in total. The fourth-order valence-corrected chi connectivity index (χ4v) is 2.82. The van der Waals surface area contributed by atoms with Crippen LogP contribution >= 0.6 is 0 Å². The number of hydrogen-bond acceptors (Lipinski definition) is 5. The summed E-state index contributed by atoms with van der Waals surface area (Å²) >= 11 is 0. The lowest BCUT2D eigenvalue weighted by molar-refractivity contribution is 0.225. The van der Waals surface area contributed by atoms with Gasteiger partial charge >= 0.3 is 0 Å². The van der Waals surface area contributed by atoms with Crippen molar-refractivity contribution in [1.82, 2.24) is 24.4 Å². The number of rotatable bonds is 4. The highest BCUT2D eigenvalue weighted by Crippen LogP contribution is 2.19. The van der Waals surface area contributed by atoms with Crippen LogP contribution in [0, 0.1) is 5.92 Å². The number of anilines is 1. The Bertz CT molecular complexity index is 579. The first-order valence-electron chi connectivity index (χ1n) is 6.96. The third kappa shape index (κ3) is 2.96. The van der Waals surface area contributed by atoms with Crippen LogP contribution in [0.25, 0.3) is 0 Å². The molecule has 6 heteroatoms. The van der Waals surface area contributed by atoms with E-state index in [2.05, 4.69) is 37.7 Å². The lowest BCUT2D eigenvalue weighted by Gasteiger charge is -2.27. The van der Waals surface area contributed by atoms with Gasteiger partial charge in [0.05, 0.1) is 6.54 Å². The van der Waals surface area contributed by atoms with Crippen molar-refractivity contribution < 1.29 is 0 Å². The summed E-state index contributed by atoms with van der Waals surface area (Å²) in [5.41, 5.74) is 5.68. The molecule has 0 radical (unpaired) electrons. The van der Waals surface area contributed by atoms with Crippen molar-refractivity contribution in [2.24, 2.45) is 5.92 Å². The number of nitrogen functional groups attached to an aromatic ring is 1. The average molecular weight is 272 g/mol. The summed E-state index contributed by atoms with van der Waals surface area (Å²) in [5, 5.41) is 0. The van der Waals surface area contributed by atoms with Gasteiger partial charge < -0.3 is 10.3 Å². The lowest BCUT2D eigenvalue weighted by Crippen LogP contribution is -2.31. The van der Waals surface area contributed by atoms with Crippen molar-refractivity contribution in [2.75, 3.05) is 19.3 Å². The first-order valence-corrected chi connectivity index (χ1v) is 6.96. The number of fused-ring (bicyclic) bond motifs is 1. The Labute approximate surface area is 118 Å². The topological polar surface area (TPSA) is 72.9 Å². The van der Waals surface area contributed by atoms with Gasteiger partial charge in [0.2, 0.25) is 0 Å². The van der Waals surface area contributed by atoms with Gasteiger partial charge in [-0.3, -0.25) is 4.90 Å². The summed E-state index contributed by atoms with van der Waals surface area (Å²) in [6, 6.07) is 1.71. The summed E-state index contributed by atoms with van der Waals surface area (Å²) in [6.07, 6.45) is 7.94. The molecule has 0 spiro atoms. The molecule has 2 aromatic rings. The fourth-order valence-electron chi connectivity index (χ4n) is 2.82. The molecule has 20 heavy (non-hydrogen) atoms. The molecule has 0 saturated heterocycles. The standard InChI is InChI=1S/C14H20N6/c1-19(10-13-16-5-4-12(15)18-13)8-11-2-3-14-17-6-7-20(14)9-11/h4-7,11H,2-3,8-10H2,1H3,(H2,15,16,18). The molecule has 2 aromatic heterocycles. The zero-order chi connectivity index (χ0) is 13.9. The second-order valence-electron chi connectivity index (χ2n) is 5.50. The molecule has 0 aromatic carbocycles. The van der Waals surface area contributed by atoms with Crippen LogP contribution in [0.4, 0.5) is 5.82 Å². The van der Waals surface area contributed by atoms with E-state index in [0.717, 1.165) is 31.9 Å². The molecule has 106 valence electrons. The minimum Gasteiger partial charge on any atom is -0.384 e. The number of nitrogens with two attached hydrogens (primary N) is 1. The van der Waals surface area contributed by atoms with Crippen LogP contribution in [0.3, 0.4) is 0 Å². The van der Waals surface area contributed by atoms with Gasteiger partial charge in [0.1, 0.15) is 17.5 Å². The number of nitrogens with zero attached hydrogens (tertiary/aromatic N) is 5. The largest absolute Gasteiger partial charge is 0.384 e. The van der Waals surface area contributed by atoms with Crippen molar-refractivity contribution in [3.05, 3.63) is 36.3 Å². The monoisotopic (exact) mass is 272 g/mol. The number of aromatic nitrogens is 4. The average Bonchev–Trinajstić information content (AvgIpc) is 2.86. The Hall–Kier alpha value is -1.95. The van der Waals surface area contributed by atoms with Gasteiger partial charge in [-0.2, -0.15) is 0 Å². The van der Waals surface area contributed by atoms with Crippen LogP contribution in [-0.4, -0.2) is 38.0 Å². The van der Waals surface area contributed by atoms with E-state index in [1.807, 2.05) is 6.20 Å². The molecule has 0 amide bonds. The minimum absolute atomic E-state index is 0.532. The van der Waals surface area contributed by atoms with Crippen LogP contribution in [0.2, 0.25) is 0 Å². The van der Waals surface area contributed by atoms with Crippen molar-refractivity contribution in [2.45, 2.75) is 25.9 Å². The fraction of sp³-hybridized carbons (Fsp3) is 0.500. The second kappa shape index (κ2) is 5.58. The lowest BCUT2D eigenvalue weighted by atomic mass is 9.99. The van der Waals surface area contributed by atoms with E-state index < -0.39 is 0 Å². The minimum atomic E-state index is 0.532. The zero-order valence-corrected chi connectivity index (χ0v) is 11.7. The van der Waals surface area contributed by atoms with Crippen LogP contribution in [0.5, 0.6) is 0 Å². The van der Waals surface area contributed by atoms with Crippen LogP contribution in [0.15, 0.2) is 24.7 Å². The first-order chi connectivity index (χ1) is 9.70. The molecule has 0 bridgehead atoms. The molecule has 0 fully saturated rings. The Morgan fingerprint density at radius 2 is 2.30 bits per heavy atom. The van der Waals surface area contributed by atoms with Crippen molar-refractivity contribution in [3.8, 4) is 0 Å². The number of imidazole rings is 1. The molecular weight excluding hydrogens is 252 g/mol. The third-order valence-corrected chi connectivity index (χ3v) is 3.74. The molecule has 0 aliphatic carbocycles. The highest BCUT2D eigenvalue weighted by atomic mass is 15.1. The quantitative estimate of drug-likeness (QED) is 0.897. The smallest absolute Gasteiger partial charge is 0.144 e. The Morgan fingerprint density at radius 1 is 1.40 bits per heavy atom. The van der Waals surface area contributed by atoms with Gasteiger partial charge in [0.25, 0.3) is 0 Å². The van der Waals surface area contributed by atoms with Crippen molar-refractivity contribution in [3.63, 3.8) is 0 Å². The first kappa shape index (κ1) is 13.1. The summed E-state index contributed by atoms with van der Waals surface area (Å²) < 4.78 is 2.26. The highest BCUT2D eigenvalue weighted by Gasteiger charge is 2.20. The molecule has 3 rings (SSSR count). The molecule has 1 atom stereocenters. The molecule has 1 aliphatic heterocycles. The van der Waals surface area contributed by atoms with Crippen LogP contribution in [0.1, 0.15) is 18.1 Å². The summed E-state index contributed by atoms with van der Waals surface area (Å²) in [7, 11) is 2.11. The zero-order valence-electron chi connectivity index (χ0n) is 11.7. The normalized spacial score (nSPS) is 18.2. The van der Waals surface area contributed by atoms with Gasteiger partial charge in [-0.25, -0.2) is 15.0 Å². The van der Waals surface area contributed by atoms with Gasteiger partial charge in [0.15, 0.2) is 0 Å².